The number of hydrogen-bond donors (Lipinski definition) is 0. The first-order chi connectivity index (χ1) is 9.33. The molecule has 0 aliphatic heterocycles. The van der Waals surface area contributed by atoms with Crippen LogP contribution in [-0.4, -0.2) is 13.4 Å². The Kier molecular flexibility index (Phi) is 4.70. The molecule has 1 unspecified atom stereocenters. The Hall–Kier alpha value is -2.13. The van der Waals surface area contributed by atoms with Crippen molar-refractivity contribution in [3.05, 3.63) is 65.7 Å². The van der Waals surface area contributed by atoms with Crippen LogP contribution in [0.2, 0.25) is 0 Å². The highest BCUT2D eigenvalue weighted by molar-refractivity contribution is 5.60. The van der Waals surface area contributed by atoms with Gasteiger partial charge in [0, 0.05) is 0 Å². The standard InChI is InChI=1S/C16H16O3/c1-18-15-9-7-14(8-10-15)16(11-17)19-12-13-5-3-2-4-6-13/h2-11,16H,12H2,1H3. The molecule has 2 aromatic carbocycles. The van der Waals surface area contributed by atoms with Crippen molar-refractivity contribution >= 4 is 6.29 Å². The van der Waals surface area contributed by atoms with Crippen molar-refractivity contribution in [1.82, 2.24) is 0 Å². The summed E-state index contributed by atoms with van der Waals surface area (Å²) in [6.07, 6.45) is 0.260. The van der Waals surface area contributed by atoms with Gasteiger partial charge in [0.15, 0.2) is 6.29 Å². The van der Waals surface area contributed by atoms with Gasteiger partial charge in [0.1, 0.15) is 11.9 Å². The molecule has 19 heavy (non-hydrogen) atoms. The largest absolute Gasteiger partial charge is 0.497 e. The highest BCUT2D eigenvalue weighted by Crippen LogP contribution is 2.20. The van der Waals surface area contributed by atoms with Gasteiger partial charge in [-0.25, -0.2) is 0 Å². The van der Waals surface area contributed by atoms with E-state index >= 15 is 0 Å². The van der Waals surface area contributed by atoms with Crippen LogP contribution in [0, 0.1) is 0 Å². The molecule has 1 atom stereocenters. The van der Waals surface area contributed by atoms with Crippen LogP contribution in [0.1, 0.15) is 17.2 Å². The van der Waals surface area contributed by atoms with Gasteiger partial charge in [0.2, 0.25) is 0 Å². The van der Waals surface area contributed by atoms with Crippen molar-refractivity contribution in [3.63, 3.8) is 0 Å². The minimum absolute atomic E-state index is 0.413. The summed E-state index contributed by atoms with van der Waals surface area (Å²) in [4.78, 5) is 11.1. The zero-order valence-electron chi connectivity index (χ0n) is 10.8. The van der Waals surface area contributed by atoms with E-state index in [0.29, 0.717) is 6.61 Å². The van der Waals surface area contributed by atoms with Crippen molar-refractivity contribution in [2.75, 3.05) is 7.11 Å². The molecule has 0 radical (unpaired) electrons. The van der Waals surface area contributed by atoms with Crippen molar-refractivity contribution in [1.29, 1.82) is 0 Å². The van der Waals surface area contributed by atoms with Crippen LogP contribution in [0.4, 0.5) is 0 Å². The molecule has 2 aromatic rings. The Balaban J connectivity index is 2.01. The van der Waals surface area contributed by atoms with Crippen LogP contribution < -0.4 is 4.74 Å². The van der Waals surface area contributed by atoms with Crippen LogP contribution in [0.5, 0.6) is 5.75 Å². The fraction of sp³-hybridized carbons (Fsp3) is 0.188. The predicted octanol–water partition coefficient (Wildman–Crippen LogP) is 3.15. The average molecular weight is 256 g/mol. The number of hydrogen-bond acceptors (Lipinski definition) is 3. The second-order valence-corrected chi connectivity index (χ2v) is 4.13. The molecule has 0 fully saturated rings. The summed E-state index contributed by atoms with van der Waals surface area (Å²) in [5.41, 5.74) is 1.87. The number of carbonyl (C=O) groups excluding carboxylic acids is 1. The Labute approximate surface area is 112 Å². The van der Waals surface area contributed by atoms with E-state index in [9.17, 15) is 4.79 Å². The maximum Gasteiger partial charge on any atom is 0.153 e. The molecule has 0 bridgehead atoms. The lowest BCUT2D eigenvalue weighted by molar-refractivity contribution is -0.119. The van der Waals surface area contributed by atoms with Crippen LogP contribution >= 0.6 is 0 Å². The number of aldehydes is 1. The number of ether oxygens (including phenoxy) is 2. The molecular formula is C16H16O3. The maximum atomic E-state index is 11.1. The van der Waals surface area contributed by atoms with Gasteiger partial charge in [-0.1, -0.05) is 42.5 Å². The van der Waals surface area contributed by atoms with Crippen LogP contribution in [0.3, 0.4) is 0 Å². The SMILES string of the molecule is COc1ccc(C(C=O)OCc2ccccc2)cc1. The van der Waals surface area contributed by atoms with Gasteiger partial charge >= 0.3 is 0 Å². The second-order valence-electron chi connectivity index (χ2n) is 4.13. The molecule has 2 rings (SSSR count). The fourth-order valence-electron chi connectivity index (χ4n) is 1.77. The van der Waals surface area contributed by atoms with Crippen LogP contribution in [0.25, 0.3) is 0 Å². The first-order valence-electron chi connectivity index (χ1n) is 6.08. The van der Waals surface area contributed by atoms with Gasteiger partial charge in [0.05, 0.1) is 13.7 Å². The van der Waals surface area contributed by atoms with Gasteiger partial charge in [-0.15, -0.1) is 0 Å². The quantitative estimate of drug-likeness (QED) is 0.745. The van der Waals surface area contributed by atoms with Crippen molar-refractivity contribution in [3.8, 4) is 5.75 Å². The summed E-state index contributed by atoms with van der Waals surface area (Å²) in [6.45, 7) is 0.413. The number of methoxy groups -OCH3 is 1. The first-order valence-corrected chi connectivity index (χ1v) is 6.08. The van der Waals surface area contributed by atoms with E-state index in [4.69, 9.17) is 9.47 Å². The van der Waals surface area contributed by atoms with E-state index in [1.165, 1.54) is 0 Å². The van der Waals surface area contributed by atoms with Gasteiger partial charge < -0.3 is 14.3 Å². The summed E-state index contributed by atoms with van der Waals surface area (Å²) in [5.74, 6) is 0.761. The summed E-state index contributed by atoms with van der Waals surface area (Å²) < 4.78 is 10.7. The number of carbonyl (C=O) groups is 1. The molecule has 3 heteroatoms. The first kappa shape index (κ1) is 13.3. The predicted molar refractivity (Wildman–Crippen MR) is 73.0 cm³/mol. The lowest BCUT2D eigenvalue weighted by atomic mass is 10.1. The molecule has 0 amide bonds. The highest BCUT2D eigenvalue weighted by atomic mass is 16.5. The smallest absolute Gasteiger partial charge is 0.153 e. The topological polar surface area (TPSA) is 35.5 Å². The highest BCUT2D eigenvalue weighted by Gasteiger charge is 2.10. The molecule has 0 aliphatic carbocycles. The molecular weight excluding hydrogens is 240 g/mol. The number of rotatable bonds is 6. The molecule has 0 aromatic heterocycles. The van der Waals surface area contributed by atoms with Gasteiger partial charge in [0.25, 0.3) is 0 Å². The van der Waals surface area contributed by atoms with Crippen molar-refractivity contribution < 1.29 is 14.3 Å². The Morgan fingerprint density at radius 2 is 1.74 bits per heavy atom. The lowest BCUT2D eigenvalue weighted by Crippen LogP contribution is -2.05. The fourth-order valence-corrected chi connectivity index (χ4v) is 1.77. The lowest BCUT2D eigenvalue weighted by Gasteiger charge is -2.12. The molecule has 0 heterocycles. The maximum absolute atomic E-state index is 11.1. The summed E-state index contributed by atoms with van der Waals surface area (Å²) in [6, 6.07) is 17.1. The third kappa shape index (κ3) is 3.66. The monoisotopic (exact) mass is 256 g/mol. The van der Waals surface area contributed by atoms with Gasteiger partial charge in [-0.2, -0.15) is 0 Å². The van der Waals surface area contributed by atoms with E-state index in [1.54, 1.807) is 7.11 Å². The zero-order valence-corrected chi connectivity index (χ0v) is 10.8. The minimum Gasteiger partial charge on any atom is -0.497 e. The second kappa shape index (κ2) is 6.71. The zero-order chi connectivity index (χ0) is 13.5. The molecule has 0 N–H and O–H groups in total. The Morgan fingerprint density at radius 3 is 2.32 bits per heavy atom. The summed E-state index contributed by atoms with van der Waals surface area (Å²) in [7, 11) is 1.61. The van der Waals surface area contributed by atoms with Crippen molar-refractivity contribution in [2.24, 2.45) is 0 Å². The molecule has 0 saturated carbocycles. The molecule has 0 saturated heterocycles. The molecule has 3 nitrogen and oxygen atoms in total. The number of benzene rings is 2. The Bertz CT molecular complexity index is 505. The molecule has 98 valence electrons. The van der Waals surface area contributed by atoms with E-state index in [1.807, 2.05) is 54.6 Å². The summed E-state index contributed by atoms with van der Waals surface area (Å²) >= 11 is 0. The van der Waals surface area contributed by atoms with E-state index in [0.717, 1.165) is 23.2 Å². The van der Waals surface area contributed by atoms with E-state index in [2.05, 4.69) is 0 Å². The van der Waals surface area contributed by atoms with Gasteiger partial charge in [-0.05, 0) is 23.3 Å². The normalized spacial score (nSPS) is 11.8. The van der Waals surface area contributed by atoms with Crippen molar-refractivity contribution in [2.45, 2.75) is 12.7 Å². The summed E-state index contributed by atoms with van der Waals surface area (Å²) in [5, 5.41) is 0. The molecule has 0 aliphatic rings. The third-order valence-electron chi connectivity index (χ3n) is 2.84. The minimum atomic E-state index is -0.550. The average Bonchev–Trinajstić information content (AvgIpc) is 2.49. The van der Waals surface area contributed by atoms with Crippen LogP contribution in [-0.2, 0) is 16.1 Å². The van der Waals surface area contributed by atoms with Crippen LogP contribution in [0.15, 0.2) is 54.6 Å². The van der Waals surface area contributed by atoms with Gasteiger partial charge in [-0.3, -0.25) is 0 Å². The molecule has 0 spiro atoms. The Morgan fingerprint density at radius 1 is 1.05 bits per heavy atom. The van der Waals surface area contributed by atoms with E-state index in [-0.39, 0.29) is 0 Å². The third-order valence-corrected chi connectivity index (χ3v) is 2.84. The van der Waals surface area contributed by atoms with E-state index < -0.39 is 6.10 Å².